The van der Waals surface area contributed by atoms with E-state index in [0.29, 0.717) is 12.5 Å². The van der Waals surface area contributed by atoms with Gasteiger partial charge in [-0.25, -0.2) is 0 Å². The summed E-state index contributed by atoms with van der Waals surface area (Å²) in [6, 6.07) is 0. The van der Waals surface area contributed by atoms with Crippen molar-refractivity contribution in [1.29, 1.82) is 0 Å². The summed E-state index contributed by atoms with van der Waals surface area (Å²) in [5, 5.41) is 3.08. The fraction of sp³-hybridized carbons (Fsp3) is 0.917. The summed E-state index contributed by atoms with van der Waals surface area (Å²) < 4.78 is 0. The van der Waals surface area contributed by atoms with Crippen LogP contribution < -0.4 is 11.1 Å². The molecule has 0 saturated heterocycles. The highest BCUT2D eigenvalue weighted by molar-refractivity contribution is 5.85. The minimum absolute atomic E-state index is 0.176. The van der Waals surface area contributed by atoms with Crippen LogP contribution in [0, 0.1) is 17.3 Å². The standard InChI is InChI=1S/C12H22N2O/c1-9-2-3-10(6-9)7-14-11(15)12(8-13)4-5-12/h9-10H,2-8,13H2,1H3,(H,14,15). The number of amides is 1. The molecule has 0 aromatic heterocycles. The van der Waals surface area contributed by atoms with Crippen LogP contribution in [0.1, 0.15) is 39.0 Å². The Balaban J connectivity index is 1.72. The Morgan fingerprint density at radius 3 is 2.67 bits per heavy atom. The van der Waals surface area contributed by atoms with Gasteiger partial charge in [-0.05, 0) is 37.5 Å². The van der Waals surface area contributed by atoms with Gasteiger partial charge in [-0.1, -0.05) is 13.3 Å². The van der Waals surface area contributed by atoms with Crippen LogP contribution in [0.4, 0.5) is 0 Å². The molecule has 2 aliphatic carbocycles. The van der Waals surface area contributed by atoms with Crippen molar-refractivity contribution >= 4 is 5.91 Å². The van der Waals surface area contributed by atoms with E-state index < -0.39 is 0 Å². The first-order valence-electron chi connectivity index (χ1n) is 6.15. The molecule has 0 aliphatic heterocycles. The van der Waals surface area contributed by atoms with Gasteiger partial charge >= 0.3 is 0 Å². The van der Waals surface area contributed by atoms with Crippen molar-refractivity contribution in [2.24, 2.45) is 23.0 Å². The molecule has 0 heterocycles. The summed E-state index contributed by atoms with van der Waals surface area (Å²) in [7, 11) is 0. The van der Waals surface area contributed by atoms with E-state index in [2.05, 4.69) is 12.2 Å². The van der Waals surface area contributed by atoms with Gasteiger partial charge in [0.1, 0.15) is 0 Å². The van der Waals surface area contributed by atoms with Gasteiger partial charge < -0.3 is 11.1 Å². The number of rotatable bonds is 4. The number of nitrogens with one attached hydrogen (secondary N) is 1. The summed E-state index contributed by atoms with van der Waals surface area (Å²) >= 11 is 0. The van der Waals surface area contributed by atoms with Crippen molar-refractivity contribution in [3.63, 3.8) is 0 Å². The van der Waals surface area contributed by atoms with E-state index in [1.54, 1.807) is 0 Å². The summed E-state index contributed by atoms with van der Waals surface area (Å²) in [4.78, 5) is 11.8. The van der Waals surface area contributed by atoms with Crippen molar-refractivity contribution in [3.05, 3.63) is 0 Å². The van der Waals surface area contributed by atoms with Gasteiger partial charge in [-0.15, -0.1) is 0 Å². The van der Waals surface area contributed by atoms with Gasteiger partial charge in [0.2, 0.25) is 5.91 Å². The first kappa shape index (κ1) is 10.9. The normalized spacial score (nSPS) is 32.7. The topological polar surface area (TPSA) is 55.1 Å². The van der Waals surface area contributed by atoms with E-state index in [4.69, 9.17) is 5.73 Å². The second kappa shape index (κ2) is 4.12. The SMILES string of the molecule is CC1CCC(CNC(=O)C2(CN)CC2)C1. The van der Waals surface area contributed by atoms with Crippen LogP contribution >= 0.6 is 0 Å². The molecule has 15 heavy (non-hydrogen) atoms. The third-order valence-corrected chi connectivity index (χ3v) is 4.08. The lowest BCUT2D eigenvalue weighted by molar-refractivity contribution is -0.126. The van der Waals surface area contributed by atoms with Crippen molar-refractivity contribution in [2.45, 2.75) is 39.0 Å². The molecule has 2 aliphatic rings. The molecule has 2 atom stereocenters. The maximum Gasteiger partial charge on any atom is 0.227 e. The van der Waals surface area contributed by atoms with Crippen molar-refractivity contribution in [1.82, 2.24) is 5.32 Å². The molecule has 0 aromatic carbocycles. The average Bonchev–Trinajstić information content (AvgIpc) is 2.93. The van der Waals surface area contributed by atoms with Crippen LogP contribution in [0.5, 0.6) is 0 Å². The molecule has 0 bridgehead atoms. The van der Waals surface area contributed by atoms with Crippen molar-refractivity contribution in [3.8, 4) is 0 Å². The highest BCUT2D eigenvalue weighted by Crippen LogP contribution is 2.44. The smallest absolute Gasteiger partial charge is 0.227 e. The molecule has 0 radical (unpaired) electrons. The lowest BCUT2D eigenvalue weighted by Crippen LogP contribution is -2.38. The third kappa shape index (κ3) is 2.33. The Kier molecular flexibility index (Phi) is 3.01. The molecule has 2 fully saturated rings. The van der Waals surface area contributed by atoms with Gasteiger partial charge in [0.15, 0.2) is 0 Å². The van der Waals surface area contributed by atoms with Gasteiger partial charge in [0, 0.05) is 13.1 Å². The highest BCUT2D eigenvalue weighted by Gasteiger charge is 2.48. The number of hydrogen-bond acceptors (Lipinski definition) is 2. The number of hydrogen-bond donors (Lipinski definition) is 2. The molecule has 1 amide bonds. The average molecular weight is 210 g/mol. The van der Waals surface area contributed by atoms with Crippen LogP contribution in [-0.4, -0.2) is 19.0 Å². The van der Waals surface area contributed by atoms with Crippen LogP contribution in [0.2, 0.25) is 0 Å². The molecule has 2 saturated carbocycles. The quantitative estimate of drug-likeness (QED) is 0.734. The Morgan fingerprint density at radius 1 is 1.47 bits per heavy atom. The molecule has 3 nitrogen and oxygen atoms in total. The molecular weight excluding hydrogens is 188 g/mol. The Morgan fingerprint density at radius 2 is 2.20 bits per heavy atom. The first-order chi connectivity index (χ1) is 7.16. The molecule has 2 rings (SSSR count). The number of nitrogens with two attached hydrogens (primary N) is 1. The number of carbonyl (C=O) groups excluding carboxylic acids is 1. The van der Waals surface area contributed by atoms with Crippen molar-refractivity contribution < 1.29 is 4.79 Å². The second-order valence-electron chi connectivity index (χ2n) is 5.48. The maximum atomic E-state index is 11.8. The van der Waals surface area contributed by atoms with E-state index in [-0.39, 0.29) is 11.3 Å². The van der Waals surface area contributed by atoms with Gasteiger partial charge in [-0.3, -0.25) is 4.79 Å². The van der Waals surface area contributed by atoms with Crippen LogP contribution in [0.15, 0.2) is 0 Å². The molecule has 3 heteroatoms. The van der Waals surface area contributed by atoms with Gasteiger partial charge in [-0.2, -0.15) is 0 Å². The fourth-order valence-electron chi connectivity index (χ4n) is 2.61. The summed E-state index contributed by atoms with van der Waals surface area (Å²) in [6.45, 7) is 3.68. The predicted molar refractivity (Wildman–Crippen MR) is 60.2 cm³/mol. The van der Waals surface area contributed by atoms with E-state index in [1.807, 2.05) is 0 Å². The largest absolute Gasteiger partial charge is 0.355 e. The fourth-order valence-corrected chi connectivity index (χ4v) is 2.61. The first-order valence-corrected chi connectivity index (χ1v) is 6.15. The second-order valence-corrected chi connectivity index (χ2v) is 5.48. The minimum atomic E-state index is -0.176. The molecular formula is C12H22N2O. The van der Waals surface area contributed by atoms with E-state index in [0.717, 1.165) is 25.3 Å². The molecule has 2 unspecified atom stereocenters. The van der Waals surface area contributed by atoms with Crippen LogP contribution in [0.3, 0.4) is 0 Å². The number of carbonyl (C=O) groups is 1. The predicted octanol–water partition coefficient (Wildman–Crippen LogP) is 1.28. The van der Waals surface area contributed by atoms with Crippen molar-refractivity contribution in [2.75, 3.05) is 13.1 Å². The van der Waals surface area contributed by atoms with Gasteiger partial charge in [0.05, 0.1) is 5.41 Å². The van der Waals surface area contributed by atoms with E-state index in [9.17, 15) is 4.79 Å². The monoisotopic (exact) mass is 210 g/mol. The van der Waals surface area contributed by atoms with E-state index >= 15 is 0 Å². The minimum Gasteiger partial charge on any atom is -0.355 e. The maximum absolute atomic E-state index is 11.8. The summed E-state index contributed by atoms with van der Waals surface area (Å²) in [6.07, 6.45) is 5.84. The zero-order valence-electron chi connectivity index (χ0n) is 9.59. The Bertz CT molecular complexity index is 248. The molecule has 0 spiro atoms. The Hall–Kier alpha value is -0.570. The highest BCUT2D eigenvalue weighted by atomic mass is 16.2. The Labute approximate surface area is 91.8 Å². The summed E-state index contributed by atoms with van der Waals surface area (Å²) in [5.74, 6) is 1.75. The van der Waals surface area contributed by atoms with Crippen LogP contribution in [0.25, 0.3) is 0 Å². The zero-order chi connectivity index (χ0) is 10.9. The van der Waals surface area contributed by atoms with Crippen LogP contribution in [-0.2, 0) is 4.79 Å². The summed E-state index contributed by atoms with van der Waals surface area (Å²) in [5.41, 5.74) is 5.44. The lowest BCUT2D eigenvalue weighted by atomic mass is 10.0. The molecule has 0 aromatic rings. The molecule has 86 valence electrons. The lowest BCUT2D eigenvalue weighted by Gasteiger charge is -2.15. The van der Waals surface area contributed by atoms with Gasteiger partial charge in [0.25, 0.3) is 0 Å². The zero-order valence-corrected chi connectivity index (χ0v) is 9.59. The van der Waals surface area contributed by atoms with E-state index in [1.165, 1.54) is 19.3 Å². The molecule has 3 N–H and O–H groups in total. The third-order valence-electron chi connectivity index (χ3n) is 4.08.